The van der Waals surface area contributed by atoms with E-state index in [1.54, 1.807) is 17.9 Å². The number of aromatic nitrogens is 4. The Morgan fingerprint density at radius 2 is 2.14 bits per heavy atom. The van der Waals surface area contributed by atoms with Gasteiger partial charge in [0.2, 0.25) is 0 Å². The van der Waals surface area contributed by atoms with E-state index in [1.165, 1.54) is 5.56 Å². The first-order chi connectivity index (χ1) is 14.1. The summed E-state index contributed by atoms with van der Waals surface area (Å²) in [6.45, 7) is 4.77. The Labute approximate surface area is 169 Å². The molecule has 2 aliphatic rings. The second-order valence-corrected chi connectivity index (χ2v) is 7.68. The number of nitrogens with zero attached hydrogens (tertiary/aromatic N) is 5. The van der Waals surface area contributed by atoms with E-state index in [4.69, 9.17) is 9.72 Å². The minimum atomic E-state index is 0.138. The molecule has 0 saturated carbocycles. The van der Waals surface area contributed by atoms with Crippen LogP contribution >= 0.6 is 0 Å². The number of nitriles is 1. The summed E-state index contributed by atoms with van der Waals surface area (Å²) in [4.78, 5) is 9.67. The Hall–Kier alpha value is -3.46. The van der Waals surface area contributed by atoms with E-state index in [0.717, 1.165) is 46.0 Å². The van der Waals surface area contributed by atoms with Crippen LogP contribution in [-0.2, 0) is 19.9 Å². The summed E-state index contributed by atoms with van der Waals surface area (Å²) in [5.74, 6) is 1.03. The van der Waals surface area contributed by atoms with Gasteiger partial charge in [0.15, 0.2) is 0 Å². The smallest absolute Gasteiger partial charge is 0.147 e. The van der Waals surface area contributed by atoms with Crippen molar-refractivity contribution in [2.45, 2.75) is 32.6 Å². The predicted octanol–water partition coefficient (Wildman–Crippen LogP) is 3.74. The van der Waals surface area contributed by atoms with Crippen LogP contribution in [0.3, 0.4) is 0 Å². The standard InChI is InChI=1S/C23H21N5O/c1-13-4-7-21-16(10-13)14(2)15-5-6-18-23(15)26-19(12-25-18)22-17(8-9-29-21)27-28(3)20(22)11-24/h4-5,7,10,12,14H,6,8-9H2,1-3H3/t14-/m0/s1. The predicted molar refractivity (Wildman–Crippen MR) is 109 cm³/mol. The highest BCUT2D eigenvalue weighted by atomic mass is 16.5. The van der Waals surface area contributed by atoms with Crippen LogP contribution in [0.1, 0.15) is 46.7 Å². The van der Waals surface area contributed by atoms with Crippen molar-refractivity contribution in [1.82, 2.24) is 19.7 Å². The van der Waals surface area contributed by atoms with Crippen LogP contribution in [0.25, 0.3) is 16.8 Å². The zero-order chi connectivity index (χ0) is 20.1. The van der Waals surface area contributed by atoms with E-state index in [1.807, 2.05) is 6.07 Å². The monoisotopic (exact) mass is 383 g/mol. The molecule has 29 heavy (non-hydrogen) atoms. The van der Waals surface area contributed by atoms with Crippen LogP contribution in [0.2, 0.25) is 0 Å². The molecule has 0 saturated heterocycles. The Bertz CT molecular complexity index is 1210. The highest BCUT2D eigenvalue weighted by Crippen LogP contribution is 2.41. The van der Waals surface area contributed by atoms with Gasteiger partial charge in [0, 0.05) is 31.4 Å². The third-order valence-electron chi connectivity index (χ3n) is 5.81. The molecule has 1 aliphatic carbocycles. The van der Waals surface area contributed by atoms with Crippen molar-refractivity contribution >= 4 is 5.57 Å². The zero-order valence-corrected chi connectivity index (χ0v) is 16.7. The molecule has 0 radical (unpaired) electrons. The summed E-state index contributed by atoms with van der Waals surface area (Å²) in [7, 11) is 1.79. The van der Waals surface area contributed by atoms with Gasteiger partial charge in [-0.05, 0) is 18.6 Å². The number of fused-ring (bicyclic) bond motifs is 4. The molecule has 3 heterocycles. The third-order valence-corrected chi connectivity index (χ3v) is 5.81. The SMILES string of the molecule is Cc1ccc2c(c1)[C@@H](C)C1=CCc3ncc(nc31)-c1c(nn(C)c1C#N)CCO2. The Morgan fingerprint density at radius 3 is 2.97 bits per heavy atom. The van der Waals surface area contributed by atoms with Crippen LogP contribution in [0.15, 0.2) is 30.5 Å². The van der Waals surface area contributed by atoms with Gasteiger partial charge in [-0.1, -0.05) is 30.7 Å². The van der Waals surface area contributed by atoms with Gasteiger partial charge in [0.05, 0.1) is 41.1 Å². The molecule has 5 rings (SSSR count). The molecule has 3 aromatic rings. The zero-order valence-electron chi connectivity index (χ0n) is 16.7. The molecule has 1 aromatic carbocycles. The van der Waals surface area contributed by atoms with E-state index in [-0.39, 0.29) is 5.92 Å². The van der Waals surface area contributed by atoms with E-state index < -0.39 is 0 Å². The number of aryl methyl sites for hydroxylation is 2. The lowest BCUT2D eigenvalue weighted by Gasteiger charge is -2.20. The summed E-state index contributed by atoms with van der Waals surface area (Å²) in [5, 5.41) is 14.3. The van der Waals surface area contributed by atoms with Crippen molar-refractivity contribution in [3.63, 3.8) is 0 Å². The van der Waals surface area contributed by atoms with Gasteiger partial charge in [-0.15, -0.1) is 0 Å². The molecule has 0 spiro atoms. The van der Waals surface area contributed by atoms with Crippen LogP contribution in [0.5, 0.6) is 5.75 Å². The van der Waals surface area contributed by atoms with Gasteiger partial charge >= 0.3 is 0 Å². The number of benzene rings is 1. The van der Waals surface area contributed by atoms with Gasteiger partial charge in [-0.25, -0.2) is 4.98 Å². The summed E-state index contributed by atoms with van der Waals surface area (Å²) in [6, 6.07) is 8.59. The number of rotatable bonds is 0. The molecule has 0 N–H and O–H groups in total. The molecular formula is C23H21N5O. The van der Waals surface area contributed by atoms with Gasteiger partial charge < -0.3 is 4.74 Å². The minimum absolute atomic E-state index is 0.138. The van der Waals surface area contributed by atoms with E-state index in [2.05, 4.69) is 48.2 Å². The number of hydrogen-bond donors (Lipinski definition) is 0. The van der Waals surface area contributed by atoms with Crippen molar-refractivity contribution in [2.75, 3.05) is 6.61 Å². The van der Waals surface area contributed by atoms with Crippen LogP contribution < -0.4 is 4.74 Å². The fraction of sp³-hybridized carbons (Fsp3) is 0.304. The van der Waals surface area contributed by atoms with Gasteiger partial charge in [-0.3, -0.25) is 9.67 Å². The lowest BCUT2D eigenvalue weighted by molar-refractivity contribution is 0.316. The summed E-state index contributed by atoms with van der Waals surface area (Å²) >= 11 is 0. The Balaban J connectivity index is 1.75. The molecule has 6 heteroatoms. The van der Waals surface area contributed by atoms with Gasteiger partial charge in [0.1, 0.15) is 17.5 Å². The summed E-state index contributed by atoms with van der Waals surface area (Å²) in [6.07, 6.45) is 5.35. The second kappa shape index (κ2) is 6.56. The first-order valence-electron chi connectivity index (χ1n) is 9.83. The molecule has 144 valence electrons. The lowest BCUT2D eigenvalue weighted by Crippen LogP contribution is -2.09. The fourth-order valence-electron chi connectivity index (χ4n) is 4.32. The van der Waals surface area contributed by atoms with Crippen molar-refractivity contribution in [3.05, 3.63) is 64.4 Å². The van der Waals surface area contributed by atoms with Gasteiger partial charge in [0.25, 0.3) is 0 Å². The maximum absolute atomic E-state index is 9.70. The summed E-state index contributed by atoms with van der Waals surface area (Å²) in [5.41, 5.74) is 8.20. The quantitative estimate of drug-likeness (QED) is 0.591. The topological polar surface area (TPSA) is 76.6 Å². The molecule has 0 fully saturated rings. The maximum atomic E-state index is 9.70. The van der Waals surface area contributed by atoms with Crippen LogP contribution in [0.4, 0.5) is 0 Å². The number of hydrogen-bond acceptors (Lipinski definition) is 5. The lowest BCUT2D eigenvalue weighted by atomic mass is 9.90. The molecular weight excluding hydrogens is 362 g/mol. The average Bonchev–Trinajstić information content (AvgIpc) is 3.27. The van der Waals surface area contributed by atoms with E-state index in [0.29, 0.717) is 24.4 Å². The molecule has 6 nitrogen and oxygen atoms in total. The Morgan fingerprint density at radius 1 is 1.28 bits per heavy atom. The van der Waals surface area contributed by atoms with Gasteiger partial charge in [-0.2, -0.15) is 10.4 Å². The average molecular weight is 383 g/mol. The van der Waals surface area contributed by atoms with Crippen molar-refractivity contribution in [3.8, 4) is 23.1 Å². The van der Waals surface area contributed by atoms with Crippen LogP contribution in [0, 0.1) is 18.3 Å². The van der Waals surface area contributed by atoms with Crippen molar-refractivity contribution in [2.24, 2.45) is 7.05 Å². The first-order valence-corrected chi connectivity index (χ1v) is 9.83. The molecule has 2 bridgehead atoms. The molecule has 2 aromatic heterocycles. The molecule has 1 aliphatic heterocycles. The van der Waals surface area contributed by atoms with Crippen molar-refractivity contribution in [1.29, 1.82) is 5.26 Å². The molecule has 0 amide bonds. The maximum Gasteiger partial charge on any atom is 0.147 e. The molecule has 1 atom stereocenters. The highest BCUT2D eigenvalue weighted by Gasteiger charge is 2.28. The number of allylic oxidation sites excluding steroid dienone is 2. The van der Waals surface area contributed by atoms with E-state index in [9.17, 15) is 5.26 Å². The third kappa shape index (κ3) is 2.73. The highest BCUT2D eigenvalue weighted by molar-refractivity contribution is 5.77. The minimum Gasteiger partial charge on any atom is -0.493 e. The van der Waals surface area contributed by atoms with E-state index >= 15 is 0 Å². The van der Waals surface area contributed by atoms with Crippen molar-refractivity contribution < 1.29 is 4.74 Å². The summed E-state index contributed by atoms with van der Waals surface area (Å²) < 4.78 is 7.83. The second-order valence-electron chi connectivity index (χ2n) is 7.68. The Kier molecular flexibility index (Phi) is 3.99. The fourth-order valence-corrected chi connectivity index (χ4v) is 4.32. The number of ether oxygens (including phenoxy) is 1. The molecule has 0 unspecified atom stereocenters. The first kappa shape index (κ1) is 17.6. The van der Waals surface area contributed by atoms with Crippen LogP contribution in [-0.4, -0.2) is 26.4 Å². The normalized spacial score (nSPS) is 17.2. The largest absolute Gasteiger partial charge is 0.493 e.